The third-order valence-electron chi connectivity index (χ3n) is 2.83. The number of alkyl halides is 2. The number of hydrogen-bond acceptors (Lipinski definition) is 2. The average Bonchev–Trinajstić information content (AvgIpc) is 2.56. The van der Waals surface area contributed by atoms with Crippen molar-refractivity contribution in [3.05, 3.63) is 0 Å². The monoisotopic (exact) mass is 206 g/mol. The maximum Gasteiger partial charge on any atom is 0.251 e. The van der Waals surface area contributed by atoms with Gasteiger partial charge in [0.05, 0.1) is 6.54 Å². The maximum absolute atomic E-state index is 12.2. The highest BCUT2D eigenvalue weighted by atomic mass is 19.3. The van der Waals surface area contributed by atoms with Crippen LogP contribution in [-0.2, 0) is 0 Å². The van der Waals surface area contributed by atoms with Crippen molar-refractivity contribution in [2.24, 2.45) is 11.7 Å². The van der Waals surface area contributed by atoms with Gasteiger partial charge in [0.1, 0.15) is 0 Å². The lowest BCUT2D eigenvalue weighted by Crippen LogP contribution is -2.36. The summed E-state index contributed by atoms with van der Waals surface area (Å²) in [5.41, 5.74) is 5.39. The number of nitrogens with two attached hydrogens (primary N) is 1. The molecule has 1 rings (SSSR count). The van der Waals surface area contributed by atoms with Gasteiger partial charge in [-0.3, -0.25) is 4.90 Å². The van der Waals surface area contributed by atoms with E-state index in [0.29, 0.717) is 19.0 Å². The van der Waals surface area contributed by atoms with E-state index in [1.54, 1.807) is 4.90 Å². The van der Waals surface area contributed by atoms with Gasteiger partial charge < -0.3 is 5.73 Å². The fraction of sp³-hybridized carbons (Fsp3) is 1.00. The summed E-state index contributed by atoms with van der Waals surface area (Å²) in [5.74, 6) is 0.625. The van der Waals surface area contributed by atoms with Gasteiger partial charge in [0.25, 0.3) is 6.43 Å². The minimum absolute atomic E-state index is 0.117. The van der Waals surface area contributed by atoms with Crippen LogP contribution in [0.4, 0.5) is 8.78 Å². The maximum atomic E-state index is 12.2. The molecule has 0 radical (unpaired) electrons. The van der Waals surface area contributed by atoms with Gasteiger partial charge in [0.15, 0.2) is 0 Å². The molecule has 0 amide bonds. The van der Waals surface area contributed by atoms with Crippen molar-refractivity contribution in [3.8, 4) is 0 Å². The predicted molar refractivity (Wildman–Crippen MR) is 53.5 cm³/mol. The van der Waals surface area contributed by atoms with Crippen molar-refractivity contribution >= 4 is 0 Å². The summed E-state index contributed by atoms with van der Waals surface area (Å²) in [6.07, 6.45) is 2.68. The van der Waals surface area contributed by atoms with Crippen molar-refractivity contribution in [1.29, 1.82) is 0 Å². The first-order valence-corrected chi connectivity index (χ1v) is 5.43. The number of nitrogens with zero attached hydrogens (tertiary/aromatic N) is 1. The number of hydrogen-bond donors (Lipinski definition) is 1. The van der Waals surface area contributed by atoms with Crippen molar-refractivity contribution in [2.75, 3.05) is 26.2 Å². The van der Waals surface area contributed by atoms with E-state index < -0.39 is 6.43 Å². The van der Waals surface area contributed by atoms with Crippen LogP contribution in [0.1, 0.15) is 25.7 Å². The Morgan fingerprint density at radius 3 is 2.43 bits per heavy atom. The quantitative estimate of drug-likeness (QED) is 0.716. The van der Waals surface area contributed by atoms with Gasteiger partial charge in [-0.25, -0.2) is 8.78 Å². The Hall–Kier alpha value is -0.220. The van der Waals surface area contributed by atoms with E-state index >= 15 is 0 Å². The summed E-state index contributed by atoms with van der Waals surface area (Å²) >= 11 is 0. The van der Waals surface area contributed by atoms with Gasteiger partial charge in [-0.15, -0.1) is 0 Å². The number of halogens is 2. The van der Waals surface area contributed by atoms with Crippen LogP contribution in [0.15, 0.2) is 0 Å². The standard InChI is InChI=1S/C10H20F2N2/c11-10(12)8-14(6-5-13)7-9-3-1-2-4-9/h9-10H,1-8,13H2. The largest absolute Gasteiger partial charge is 0.329 e. The third kappa shape index (κ3) is 4.33. The van der Waals surface area contributed by atoms with Crippen molar-refractivity contribution in [1.82, 2.24) is 4.90 Å². The molecule has 0 unspecified atom stereocenters. The second-order valence-electron chi connectivity index (χ2n) is 4.09. The minimum atomic E-state index is -2.23. The summed E-state index contributed by atoms with van der Waals surface area (Å²) in [4.78, 5) is 1.81. The summed E-state index contributed by atoms with van der Waals surface area (Å²) in [7, 11) is 0. The van der Waals surface area contributed by atoms with Gasteiger partial charge in [-0.2, -0.15) is 0 Å². The highest BCUT2D eigenvalue weighted by Gasteiger charge is 2.19. The van der Waals surface area contributed by atoms with Crippen LogP contribution in [0.2, 0.25) is 0 Å². The molecule has 0 aromatic heterocycles. The molecule has 0 heterocycles. The van der Waals surface area contributed by atoms with Crippen LogP contribution in [0.3, 0.4) is 0 Å². The summed E-state index contributed by atoms with van der Waals surface area (Å²) in [6.45, 7) is 1.76. The van der Waals surface area contributed by atoms with Crippen molar-refractivity contribution in [2.45, 2.75) is 32.1 Å². The number of rotatable bonds is 6. The van der Waals surface area contributed by atoms with Crippen LogP contribution in [-0.4, -0.2) is 37.5 Å². The molecule has 0 aromatic carbocycles. The van der Waals surface area contributed by atoms with Gasteiger partial charge in [-0.05, 0) is 18.8 Å². The van der Waals surface area contributed by atoms with Gasteiger partial charge in [0, 0.05) is 19.6 Å². The van der Waals surface area contributed by atoms with E-state index in [4.69, 9.17) is 5.73 Å². The Bertz CT molecular complexity index is 147. The van der Waals surface area contributed by atoms with E-state index in [-0.39, 0.29) is 6.54 Å². The summed E-state index contributed by atoms with van der Waals surface area (Å²) < 4.78 is 24.4. The van der Waals surface area contributed by atoms with Gasteiger partial charge in [0.2, 0.25) is 0 Å². The van der Waals surface area contributed by atoms with Crippen molar-refractivity contribution in [3.63, 3.8) is 0 Å². The van der Waals surface area contributed by atoms with E-state index in [1.165, 1.54) is 25.7 Å². The molecule has 2 N–H and O–H groups in total. The third-order valence-corrected chi connectivity index (χ3v) is 2.83. The highest BCUT2D eigenvalue weighted by molar-refractivity contribution is 4.72. The lowest BCUT2D eigenvalue weighted by molar-refractivity contribution is 0.0819. The second-order valence-corrected chi connectivity index (χ2v) is 4.09. The second kappa shape index (κ2) is 6.30. The first kappa shape index (κ1) is 11.9. The molecule has 0 saturated heterocycles. The Balaban J connectivity index is 2.25. The highest BCUT2D eigenvalue weighted by Crippen LogP contribution is 2.25. The van der Waals surface area contributed by atoms with E-state index in [9.17, 15) is 8.78 Å². The molecular weight excluding hydrogens is 186 g/mol. The van der Waals surface area contributed by atoms with Crippen LogP contribution in [0.5, 0.6) is 0 Å². The first-order chi connectivity index (χ1) is 6.72. The SMILES string of the molecule is NCCN(CC(F)F)CC1CCCC1. The lowest BCUT2D eigenvalue weighted by Gasteiger charge is -2.24. The normalized spacial score (nSPS) is 18.6. The molecule has 0 atom stereocenters. The van der Waals surface area contributed by atoms with Crippen LogP contribution in [0, 0.1) is 5.92 Å². The van der Waals surface area contributed by atoms with E-state index in [2.05, 4.69) is 0 Å². The fourth-order valence-corrected chi connectivity index (χ4v) is 2.19. The molecule has 14 heavy (non-hydrogen) atoms. The molecular formula is C10H20F2N2. The molecule has 1 saturated carbocycles. The Kier molecular flexibility index (Phi) is 5.33. The predicted octanol–water partition coefficient (Wildman–Crippen LogP) is 1.70. The van der Waals surface area contributed by atoms with E-state index in [1.807, 2.05) is 0 Å². The zero-order valence-electron chi connectivity index (χ0n) is 8.59. The topological polar surface area (TPSA) is 29.3 Å². The molecule has 0 bridgehead atoms. The molecule has 2 nitrogen and oxygen atoms in total. The zero-order chi connectivity index (χ0) is 10.4. The van der Waals surface area contributed by atoms with Crippen LogP contribution in [0.25, 0.3) is 0 Å². The zero-order valence-corrected chi connectivity index (χ0v) is 8.59. The van der Waals surface area contributed by atoms with E-state index in [0.717, 1.165) is 6.54 Å². The first-order valence-electron chi connectivity index (χ1n) is 5.43. The molecule has 1 aliphatic carbocycles. The molecule has 0 aliphatic heterocycles. The smallest absolute Gasteiger partial charge is 0.251 e. The van der Waals surface area contributed by atoms with Gasteiger partial charge >= 0.3 is 0 Å². The Morgan fingerprint density at radius 2 is 1.93 bits per heavy atom. The summed E-state index contributed by atoms with van der Waals surface area (Å²) in [5, 5.41) is 0. The molecule has 84 valence electrons. The average molecular weight is 206 g/mol. The van der Waals surface area contributed by atoms with Crippen LogP contribution < -0.4 is 5.73 Å². The molecule has 1 fully saturated rings. The lowest BCUT2D eigenvalue weighted by atomic mass is 10.1. The Labute approximate surface area is 84.4 Å². The van der Waals surface area contributed by atoms with Crippen LogP contribution >= 0.6 is 0 Å². The summed E-state index contributed by atoms with van der Waals surface area (Å²) in [6, 6.07) is 0. The minimum Gasteiger partial charge on any atom is -0.329 e. The molecule has 0 spiro atoms. The van der Waals surface area contributed by atoms with Crippen molar-refractivity contribution < 1.29 is 8.78 Å². The molecule has 0 aromatic rings. The van der Waals surface area contributed by atoms with Gasteiger partial charge in [-0.1, -0.05) is 12.8 Å². The molecule has 4 heteroatoms. The molecule has 1 aliphatic rings. The Morgan fingerprint density at radius 1 is 1.29 bits per heavy atom. The fourth-order valence-electron chi connectivity index (χ4n) is 2.19.